The summed E-state index contributed by atoms with van der Waals surface area (Å²) in [5.41, 5.74) is 0. The fourth-order valence-corrected chi connectivity index (χ4v) is 3.74. The van der Waals surface area contributed by atoms with Gasteiger partial charge in [0, 0.05) is 5.75 Å². The van der Waals surface area contributed by atoms with Gasteiger partial charge in [-0.2, -0.15) is 0 Å². The third kappa shape index (κ3) is 2.95. The Hall–Kier alpha value is 0.790. The molecule has 0 spiro atoms. The summed E-state index contributed by atoms with van der Waals surface area (Å²) in [5, 5.41) is 2.18. The van der Waals surface area contributed by atoms with Crippen LogP contribution in [0.3, 0.4) is 0 Å². The van der Waals surface area contributed by atoms with Crippen LogP contribution in [0, 0.1) is 0 Å². The van der Waals surface area contributed by atoms with Gasteiger partial charge >= 0.3 is 0 Å². The molecule has 0 unspecified atom stereocenters. The minimum atomic E-state index is 1.26. The van der Waals surface area contributed by atoms with Gasteiger partial charge in [-0.3, -0.25) is 0 Å². The molecule has 0 amide bonds. The van der Waals surface area contributed by atoms with Gasteiger partial charge in [0.1, 0.15) is 0 Å². The van der Waals surface area contributed by atoms with Gasteiger partial charge in [-0.1, -0.05) is 27.7 Å². The average molecular weight is 164 g/mol. The zero-order valence-electron chi connectivity index (χ0n) is 4.50. The molecule has 8 heavy (non-hydrogen) atoms. The van der Waals surface area contributed by atoms with Crippen LogP contribution in [0.15, 0.2) is 11.5 Å². The van der Waals surface area contributed by atoms with Crippen LogP contribution < -0.4 is 0 Å². The second-order valence-corrected chi connectivity index (χ2v) is 5.66. The lowest BCUT2D eigenvalue weighted by Gasteiger charge is -1.98. The molecule has 0 bridgehead atoms. The number of rotatable bonds is 0. The van der Waals surface area contributed by atoms with Gasteiger partial charge in [-0.15, -0.1) is 0 Å². The normalized spacial score (nSPS) is 22.0. The molecule has 1 heterocycles. The predicted octanol–water partition coefficient (Wildman–Crippen LogP) is 3.32. The summed E-state index contributed by atoms with van der Waals surface area (Å²) in [5.74, 6) is 1.31. The van der Waals surface area contributed by atoms with Crippen molar-refractivity contribution in [3.05, 3.63) is 11.5 Å². The molecular weight excluding hydrogens is 156 g/mol. The molecule has 0 aromatic heterocycles. The zero-order chi connectivity index (χ0) is 5.66. The van der Waals surface area contributed by atoms with Crippen LogP contribution in [0.1, 0.15) is 12.8 Å². The molecule has 0 nitrogen and oxygen atoms in total. The summed E-state index contributed by atoms with van der Waals surface area (Å²) in [6.45, 7) is 0. The van der Waals surface area contributed by atoms with Crippen LogP contribution in [0.5, 0.6) is 0 Å². The van der Waals surface area contributed by atoms with E-state index < -0.39 is 0 Å². The average Bonchev–Trinajstić information content (AvgIpc) is 1.62. The second kappa shape index (κ2) is 4.65. The van der Waals surface area contributed by atoms with Gasteiger partial charge in [0.15, 0.2) is 0 Å². The van der Waals surface area contributed by atoms with E-state index in [1.165, 1.54) is 18.6 Å². The molecule has 0 N–H and O–H groups in total. The lowest BCUT2D eigenvalue weighted by Crippen LogP contribution is -1.74. The number of hydrogen-bond acceptors (Lipinski definition) is 3. The van der Waals surface area contributed by atoms with Gasteiger partial charge in [0.2, 0.25) is 0 Å². The predicted molar refractivity (Wildman–Crippen MR) is 46.0 cm³/mol. The first-order valence-corrected chi connectivity index (χ1v) is 6.31. The van der Waals surface area contributed by atoms with Crippen molar-refractivity contribution in [1.29, 1.82) is 0 Å². The molecule has 46 valence electrons. The second-order valence-electron chi connectivity index (χ2n) is 1.50. The maximum atomic E-state index is 2.25. The summed E-state index contributed by atoms with van der Waals surface area (Å²) < 4.78 is 0. The van der Waals surface area contributed by atoms with Crippen LogP contribution in [0.25, 0.3) is 0 Å². The highest BCUT2D eigenvalue weighted by atomic mass is 33.5. The van der Waals surface area contributed by atoms with Crippen LogP contribution in [-0.4, -0.2) is 5.75 Å². The lowest BCUT2D eigenvalue weighted by atomic mass is 10.3. The van der Waals surface area contributed by atoms with Crippen molar-refractivity contribution < 1.29 is 0 Å². The first kappa shape index (κ1) is 6.90. The molecule has 0 atom stereocenters. The van der Waals surface area contributed by atoms with E-state index >= 15 is 0 Å². The van der Waals surface area contributed by atoms with Gasteiger partial charge in [-0.05, 0) is 28.1 Å². The molecule has 1 rings (SSSR count). The maximum Gasteiger partial charge on any atom is 0.00482 e. The van der Waals surface area contributed by atoms with E-state index in [-0.39, 0.29) is 0 Å². The summed E-state index contributed by atoms with van der Waals surface area (Å²) in [6.07, 6.45) is 4.85. The molecule has 0 saturated carbocycles. The minimum absolute atomic E-state index is 1.26. The van der Waals surface area contributed by atoms with E-state index in [0.717, 1.165) is 0 Å². The molecule has 0 aliphatic carbocycles. The Morgan fingerprint density at radius 2 is 2.38 bits per heavy atom. The molecule has 0 saturated heterocycles. The Morgan fingerprint density at radius 1 is 1.38 bits per heavy atom. The number of allylic oxidation sites excluding steroid dienone is 1. The van der Waals surface area contributed by atoms with Crippen LogP contribution in [0.4, 0.5) is 0 Å². The highest BCUT2D eigenvalue weighted by molar-refractivity contribution is 9.09. The Bertz CT molecular complexity index is 69.7. The molecule has 1 aliphatic heterocycles. The largest absolute Gasteiger partial charge is 0.0822 e. The van der Waals surface area contributed by atoms with Crippen LogP contribution in [0.2, 0.25) is 0 Å². The fourth-order valence-electron chi connectivity index (χ4n) is 0.452. The monoisotopic (exact) mass is 164 g/mol. The molecule has 0 aromatic rings. The van der Waals surface area contributed by atoms with Crippen molar-refractivity contribution in [2.24, 2.45) is 0 Å². The summed E-state index contributed by atoms with van der Waals surface area (Å²) in [6, 6.07) is 0. The highest BCUT2D eigenvalue weighted by Gasteiger charge is 1.91. The molecule has 3 heteroatoms. The van der Waals surface area contributed by atoms with Gasteiger partial charge in [0.05, 0.1) is 0 Å². The molecule has 1 aliphatic rings. The third-order valence-corrected chi connectivity index (χ3v) is 4.70. The fraction of sp³-hybridized carbons (Fsp3) is 0.600. The van der Waals surface area contributed by atoms with E-state index in [1.54, 1.807) is 0 Å². The van der Waals surface area contributed by atoms with Crippen molar-refractivity contribution in [2.45, 2.75) is 12.8 Å². The van der Waals surface area contributed by atoms with E-state index in [0.29, 0.717) is 0 Å². The first-order valence-electron chi connectivity index (χ1n) is 2.60. The van der Waals surface area contributed by atoms with Gasteiger partial charge in [0.25, 0.3) is 0 Å². The van der Waals surface area contributed by atoms with Crippen molar-refractivity contribution in [1.82, 2.24) is 0 Å². The minimum Gasteiger partial charge on any atom is -0.0822 e. The maximum absolute atomic E-state index is 2.25. The summed E-state index contributed by atoms with van der Waals surface area (Å²) in [7, 11) is 5.66. The Morgan fingerprint density at radius 3 is 3.38 bits per heavy atom. The Labute approximate surface area is 61.7 Å². The summed E-state index contributed by atoms with van der Waals surface area (Å²) >= 11 is 0. The molecular formula is C5H8S3. The van der Waals surface area contributed by atoms with Crippen molar-refractivity contribution >= 4 is 31.4 Å². The van der Waals surface area contributed by atoms with Crippen LogP contribution in [-0.2, 0) is 0 Å². The molecule has 0 fully saturated rings. The first-order chi connectivity index (χ1) is 4.00. The number of hydrogen-bond donors (Lipinski definition) is 0. The topological polar surface area (TPSA) is 0 Å². The van der Waals surface area contributed by atoms with Crippen molar-refractivity contribution in [3.8, 4) is 0 Å². The van der Waals surface area contributed by atoms with E-state index in [2.05, 4.69) is 11.5 Å². The third-order valence-electron chi connectivity index (χ3n) is 0.838. The smallest absolute Gasteiger partial charge is 0.00482 e. The SMILES string of the molecule is C1=CSSSCCC1. The van der Waals surface area contributed by atoms with Gasteiger partial charge in [-0.25, -0.2) is 0 Å². The highest BCUT2D eigenvalue weighted by Crippen LogP contribution is 2.37. The van der Waals surface area contributed by atoms with E-state index in [9.17, 15) is 0 Å². The van der Waals surface area contributed by atoms with E-state index in [4.69, 9.17) is 0 Å². The molecule has 0 aromatic carbocycles. The van der Waals surface area contributed by atoms with Crippen LogP contribution >= 0.6 is 31.4 Å². The standard InChI is InChI=1S/C5H8S3/c1-2-4-6-8-7-5-3-1/h2,4H,1,3,5H2. The Balaban J connectivity index is 2.17. The lowest BCUT2D eigenvalue weighted by molar-refractivity contribution is 0.976. The van der Waals surface area contributed by atoms with E-state index in [1.807, 2.05) is 31.4 Å². The quantitative estimate of drug-likeness (QED) is 0.504. The summed E-state index contributed by atoms with van der Waals surface area (Å²) in [4.78, 5) is 0. The van der Waals surface area contributed by atoms with Gasteiger partial charge < -0.3 is 0 Å². The Kier molecular flexibility index (Phi) is 4.01. The zero-order valence-corrected chi connectivity index (χ0v) is 6.95. The van der Waals surface area contributed by atoms with Crippen molar-refractivity contribution in [3.63, 3.8) is 0 Å². The molecule has 0 radical (unpaired) electrons. The van der Waals surface area contributed by atoms with Crippen molar-refractivity contribution in [2.75, 3.05) is 5.75 Å².